The monoisotopic (exact) mass is 343 g/mol. The van der Waals surface area contributed by atoms with Gasteiger partial charge in [0.05, 0.1) is 6.10 Å². The van der Waals surface area contributed by atoms with Crippen LogP contribution in [-0.2, 0) is 18.2 Å². The lowest BCUT2D eigenvalue weighted by Gasteiger charge is -2.19. The summed E-state index contributed by atoms with van der Waals surface area (Å²) in [4.78, 5) is 23.3. The highest BCUT2D eigenvalue weighted by molar-refractivity contribution is 5.74. The van der Waals surface area contributed by atoms with Crippen LogP contribution in [0.25, 0.3) is 11.2 Å². The number of aromatic nitrogens is 3. The zero-order valence-corrected chi connectivity index (χ0v) is 14.6. The molecule has 0 radical (unpaired) electrons. The van der Waals surface area contributed by atoms with Crippen LogP contribution in [0.1, 0.15) is 25.1 Å². The minimum Gasteiger partial charge on any atom is -0.376 e. The average molecular weight is 343 g/mol. The van der Waals surface area contributed by atoms with Gasteiger partial charge in [-0.2, -0.15) is 0 Å². The van der Waals surface area contributed by atoms with Crippen molar-refractivity contribution in [2.45, 2.75) is 31.8 Å². The number of urea groups is 1. The van der Waals surface area contributed by atoms with Crippen molar-refractivity contribution in [3.05, 3.63) is 24.2 Å². The molecule has 134 valence electrons. The predicted octanol–water partition coefficient (Wildman–Crippen LogP) is 1.72. The van der Waals surface area contributed by atoms with E-state index in [1.165, 1.54) is 0 Å². The number of carbonyl (C=O) groups excluding carboxylic acids is 1. The van der Waals surface area contributed by atoms with E-state index in [9.17, 15) is 4.79 Å². The number of likely N-dealkylation sites (tertiary alicyclic amines) is 1. The van der Waals surface area contributed by atoms with E-state index in [1.807, 2.05) is 24.1 Å². The van der Waals surface area contributed by atoms with Crippen LogP contribution < -0.4 is 5.32 Å². The number of rotatable bonds is 4. The van der Waals surface area contributed by atoms with E-state index >= 15 is 0 Å². The normalized spacial score (nSPS) is 23.5. The van der Waals surface area contributed by atoms with Crippen LogP contribution in [0.15, 0.2) is 18.3 Å². The Morgan fingerprint density at radius 2 is 2.36 bits per heavy atom. The first kappa shape index (κ1) is 16.3. The summed E-state index contributed by atoms with van der Waals surface area (Å²) in [6, 6.07) is 3.94. The van der Waals surface area contributed by atoms with Crippen molar-refractivity contribution in [3.8, 4) is 0 Å². The number of ether oxygens (including phenoxy) is 1. The maximum atomic E-state index is 12.3. The fraction of sp³-hybridized carbons (Fsp3) is 0.611. The number of hydrogen-bond acceptors (Lipinski definition) is 4. The summed E-state index contributed by atoms with van der Waals surface area (Å²) in [6.07, 6.45) is 6.02. The lowest BCUT2D eigenvalue weighted by molar-refractivity contribution is 0.109. The molecule has 0 saturated carbocycles. The van der Waals surface area contributed by atoms with Crippen molar-refractivity contribution in [1.82, 2.24) is 24.8 Å². The molecule has 2 unspecified atom stereocenters. The standard InChI is InChI=1S/C18H25N5O2/c1-22-16(21-15-5-2-7-19-17(15)22)10-13-6-8-23(12-13)18(24)20-11-14-4-3-9-25-14/h2,5,7,13-14H,3-4,6,8-12H2,1H3,(H,20,24). The molecule has 1 N–H and O–H groups in total. The van der Waals surface area contributed by atoms with Crippen molar-refractivity contribution >= 4 is 17.2 Å². The van der Waals surface area contributed by atoms with E-state index in [4.69, 9.17) is 9.72 Å². The highest BCUT2D eigenvalue weighted by Gasteiger charge is 2.28. The molecule has 7 nitrogen and oxygen atoms in total. The van der Waals surface area contributed by atoms with Crippen molar-refractivity contribution in [2.24, 2.45) is 13.0 Å². The molecule has 2 aromatic rings. The van der Waals surface area contributed by atoms with Gasteiger partial charge in [0.15, 0.2) is 5.65 Å². The van der Waals surface area contributed by atoms with Crippen molar-refractivity contribution < 1.29 is 9.53 Å². The fourth-order valence-electron chi connectivity index (χ4n) is 3.81. The van der Waals surface area contributed by atoms with Crippen LogP contribution in [0.3, 0.4) is 0 Å². The molecule has 2 aliphatic rings. The number of hydrogen-bond donors (Lipinski definition) is 1. The Morgan fingerprint density at radius 3 is 3.16 bits per heavy atom. The Hall–Kier alpha value is -2.15. The summed E-state index contributed by atoms with van der Waals surface area (Å²) in [7, 11) is 2.01. The van der Waals surface area contributed by atoms with Gasteiger partial charge in [0, 0.05) is 45.9 Å². The van der Waals surface area contributed by atoms with Crippen LogP contribution in [0.5, 0.6) is 0 Å². The number of pyridine rings is 1. The molecule has 2 fully saturated rings. The van der Waals surface area contributed by atoms with Gasteiger partial charge in [0.1, 0.15) is 11.3 Å². The molecule has 25 heavy (non-hydrogen) atoms. The molecule has 7 heteroatoms. The van der Waals surface area contributed by atoms with Crippen LogP contribution in [0.2, 0.25) is 0 Å². The molecule has 4 heterocycles. The lowest BCUT2D eigenvalue weighted by atomic mass is 10.0. The third-order valence-corrected chi connectivity index (χ3v) is 5.27. The first-order valence-corrected chi connectivity index (χ1v) is 9.11. The zero-order valence-electron chi connectivity index (χ0n) is 14.6. The SMILES string of the molecule is Cn1c(CC2CCN(C(=O)NCC3CCCO3)C2)nc2cccnc21. The number of nitrogens with one attached hydrogen (secondary N) is 1. The first-order chi connectivity index (χ1) is 12.2. The molecule has 4 rings (SSSR count). The summed E-state index contributed by atoms with van der Waals surface area (Å²) < 4.78 is 7.62. The van der Waals surface area contributed by atoms with Gasteiger partial charge in [0.2, 0.25) is 0 Å². The Bertz CT molecular complexity index is 753. The topological polar surface area (TPSA) is 72.3 Å². The van der Waals surface area contributed by atoms with Gasteiger partial charge in [0.25, 0.3) is 0 Å². The summed E-state index contributed by atoms with van der Waals surface area (Å²) >= 11 is 0. The Kier molecular flexibility index (Phi) is 4.57. The van der Waals surface area contributed by atoms with Crippen LogP contribution >= 0.6 is 0 Å². The minimum absolute atomic E-state index is 0.0321. The van der Waals surface area contributed by atoms with Crippen molar-refractivity contribution in [3.63, 3.8) is 0 Å². The number of carbonyl (C=O) groups is 1. The summed E-state index contributed by atoms with van der Waals surface area (Å²) in [6.45, 7) is 3.04. The number of fused-ring (bicyclic) bond motifs is 1. The number of imidazole rings is 1. The molecule has 2 saturated heterocycles. The fourth-order valence-corrected chi connectivity index (χ4v) is 3.81. The van der Waals surface area contributed by atoms with Gasteiger partial charge >= 0.3 is 6.03 Å². The molecule has 0 aliphatic carbocycles. The van der Waals surface area contributed by atoms with Gasteiger partial charge < -0.3 is 19.5 Å². The highest BCUT2D eigenvalue weighted by Crippen LogP contribution is 2.22. The molecule has 2 atom stereocenters. The summed E-state index contributed by atoms with van der Waals surface area (Å²) in [5.74, 6) is 1.49. The van der Waals surface area contributed by atoms with Crippen molar-refractivity contribution in [1.29, 1.82) is 0 Å². The quantitative estimate of drug-likeness (QED) is 0.917. The van der Waals surface area contributed by atoms with E-state index in [2.05, 4.69) is 14.9 Å². The minimum atomic E-state index is 0.0321. The molecule has 0 aromatic carbocycles. The maximum Gasteiger partial charge on any atom is 0.317 e. The molecule has 2 aliphatic heterocycles. The Balaban J connectivity index is 1.32. The summed E-state index contributed by atoms with van der Waals surface area (Å²) in [5, 5.41) is 3.01. The van der Waals surface area contributed by atoms with Crippen LogP contribution in [-0.4, -0.2) is 57.8 Å². The molecular formula is C18H25N5O2. The highest BCUT2D eigenvalue weighted by atomic mass is 16.5. The predicted molar refractivity (Wildman–Crippen MR) is 94.3 cm³/mol. The molecule has 2 amide bonds. The van der Waals surface area contributed by atoms with Crippen molar-refractivity contribution in [2.75, 3.05) is 26.2 Å². The van der Waals surface area contributed by atoms with Gasteiger partial charge in [-0.05, 0) is 37.3 Å². The van der Waals surface area contributed by atoms with Crippen LogP contribution in [0, 0.1) is 5.92 Å². The van der Waals surface area contributed by atoms with Gasteiger partial charge in [-0.3, -0.25) is 0 Å². The Morgan fingerprint density at radius 1 is 1.44 bits per heavy atom. The number of nitrogens with zero attached hydrogens (tertiary/aromatic N) is 4. The molecule has 2 aromatic heterocycles. The third-order valence-electron chi connectivity index (χ3n) is 5.27. The van der Waals surface area contributed by atoms with E-state index < -0.39 is 0 Å². The van der Waals surface area contributed by atoms with Gasteiger partial charge in [-0.1, -0.05) is 0 Å². The first-order valence-electron chi connectivity index (χ1n) is 9.11. The summed E-state index contributed by atoms with van der Waals surface area (Å²) in [5.41, 5.74) is 1.85. The maximum absolute atomic E-state index is 12.3. The van der Waals surface area contributed by atoms with E-state index in [-0.39, 0.29) is 12.1 Å². The van der Waals surface area contributed by atoms with E-state index in [0.717, 1.165) is 62.4 Å². The molecular weight excluding hydrogens is 318 g/mol. The van der Waals surface area contributed by atoms with Crippen LogP contribution in [0.4, 0.5) is 4.79 Å². The van der Waals surface area contributed by atoms with Gasteiger partial charge in [-0.25, -0.2) is 14.8 Å². The number of aryl methyl sites for hydroxylation is 1. The van der Waals surface area contributed by atoms with E-state index in [0.29, 0.717) is 12.5 Å². The average Bonchev–Trinajstić information content (AvgIpc) is 3.35. The smallest absolute Gasteiger partial charge is 0.317 e. The molecule has 0 spiro atoms. The van der Waals surface area contributed by atoms with E-state index in [1.54, 1.807) is 6.20 Å². The second-order valence-electron chi connectivity index (χ2n) is 7.06. The second kappa shape index (κ2) is 7.00. The third kappa shape index (κ3) is 3.46. The second-order valence-corrected chi connectivity index (χ2v) is 7.06. The largest absolute Gasteiger partial charge is 0.376 e. The number of amides is 2. The molecule has 0 bridgehead atoms. The zero-order chi connectivity index (χ0) is 17.2. The lowest BCUT2D eigenvalue weighted by Crippen LogP contribution is -2.41. The van der Waals surface area contributed by atoms with Gasteiger partial charge in [-0.15, -0.1) is 0 Å². The Labute approximate surface area is 147 Å².